The molecule has 0 atom stereocenters. The van der Waals surface area contributed by atoms with Crippen molar-refractivity contribution in [3.63, 3.8) is 0 Å². The summed E-state index contributed by atoms with van der Waals surface area (Å²) in [6.45, 7) is 1.85. The number of hydrogen-bond acceptors (Lipinski definition) is 3. The smallest absolute Gasteiger partial charge is 0.156 e. The highest BCUT2D eigenvalue weighted by Crippen LogP contribution is 2.14. The van der Waals surface area contributed by atoms with Crippen LogP contribution in [0.4, 0.5) is 0 Å². The van der Waals surface area contributed by atoms with Crippen molar-refractivity contribution < 1.29 is 4.84 Å². The SMILES string of the molecule is C/C=C(N)\C=C(/ON)c1ccccc1. The minimum Gasteiger partial charge on any atom is -0.411 e. The fraction of sp³-hybridized carbons (Fsp3) is 0.0909. The first kappa shape index (κ1) is 10.3. The molecule has 3 heteroatoms. The first-order valence-electron chi connectivity index (χ1n) is 4.33. The number of hydrogen-bond donors (Lipinski definition) is 2. The second-order valence-electron chi connectivity index (χ2n) is 2.78. The molecule has 74 valence electrons. The minimum absolute atomic E-state index is 0.557. The van der Waals surface area contributed by atoms with Crippen molar-refractivity contribution in [3.8, 4) is 0 Å². The van der Waals surface area contributed by atoms with Gasteiger partial charge in [-0.05, 0) is 6.92 Å². The fourth-order valence-electron chi connectivity index (χ4n) is 1.02. The molecule has 0 aliphatic rings. The van der Waals surface area contributed by atoms with E-state index in [2.05, 4.69) is 0 Å². The van der Waals surface area contributed by atoms with E-state index in [0.29, 0.717) is 11.5 Å². The van der Waals surface area contributed by atoms with Gasteiger partial charge in [0.1, 0.15) is 0 Å². The molecule has 1 aromatic carbocycles. The predicted octanol–water partition coefficient (Wildman–Crippen LogP) is 1.78. The van der Waals surface area contributed by atoms with Gasteiger partial charge in [-0.3, -0.25) is 0 Å². The second-order valence-corrected chi connectivity index (χ2v) is 2.78. The van der Waals surface area contributed by atoms with Crippen molar-refractivity contribution in [1.29, 1.82) is 0 Å². The molecule has 0 radical (unpaired) electrons. The Kier molecular flexibility index (Phi) is 3.76. The van der Waals surface area contributed by atoms with Crippen molar-refractivity contribution in [2.75, 3.05) is 0 Å². The van der Waals surface area contributed by atoms with Crippen molar-refractivity contribution in [2.45, 2.75) is 6.92 Å². The van der Waals surface area contributed by atoms with Crippen LogP contribution < -0.4 is 11.6 Å². The molecule has 0 saturated carbocycles. The van der Waals surface area contributed by atoms with E-state index in [1.165, 1.54) is 0 Å². The van der Waals surface area contributed by atoms with Crippen LogP contribution in [-0.2, 0) is 4.84 Å². The van der Waals surface area contributed by atoms with Gasteiger partial charge in [0.2, 0.25) is 0 Å². The number of allylic oxidation sites excluding steroid dienone is 2. The number of rotatable bonds is 3. The molecule has 14 heavy (non-hydrogen) atoms. The Hall–Kier alpha value is -1.74. The molecular weight excluding hydrogens is 176 g/mol. The van der Waals surface area contributed by atoms with Crippen LogP contribution >= 0.6 is 0 Å². The molecule has 0 bridgehead atoms. The van der Waals surface area contributed by atoms with Gasteiger partial charge in [0.15, 0.2) is 5.76 Å². The van der Waals surface area contributed by atoms with Crippen LogP contribution in [0.2, 0.25) is 0 Å². The van der Waals surface area contributed by atoms with Crippen molar-refractivity contribution >= 4 is 5.76 Å². The summed E-state index contributed by atoms with van der Waals surface area (Å²) in [4.78, 5) is 4.75. The van der Waals surface area contributed by atoms with Gasteiger partial charge in [-0.15, -0.1) is 0 Å². The molecule has 1 aromatic rings. The first-order chi connectivity index (χ1) is 6.77. The molecular formula is C11H14N2O. The lowest BCUT2D eigenvalue weighted by Gasteiger charge is -2.04. The summed E-state index contributed by atoms with van der Waals surface area (Å²) < 4.78 is 0. The Morgan fingerprint density at radius 2 is 1.93 bits per heavy atom. The van der Waals surface area contributed by atoms with E-state index < -0.39 is 0 Å². The maximum absolute atomic E-state index is 5.64. The number of benzene rings is 1. The van der Waals surface area contributed by atoms with E-state index in [-0.39, 0.29) is 0 Å². The topological polar surface area (TPSA) is 61.3 Å². The average Bonchev–Trinajstić information content (AvgIpc) is 2.26. The van der Waals surface area contributed by atoms with Gasteiger partial charge in [-0.2, -0.15) is 5.90 Å². The average molecular weight is 190 g/mol. The van der Waals surface area contributed by atoms with E-state index >= 15 is 0 Å². The Bertz CT molecular complexity index is 342. The van der Waals surface area contributed by atoms with Crippen LogP contribution in [0.25, 0.3) is 5.76 Å². The van der Waals surface area contributed by atoms with Crippen molar-refractivity contribution in [2.24, 2.45) is 11.6 Å². The lowest BCUT2D eigenvalue weighted by molar-refractivity contribution is 0.290. The summed E-state index contributed by atoms with van der Waals surface area (Å²) >= 11 is 0. The van der Waals surface area contributed by atoms with Gasteiger partial charge in [-0.25, -0.2) is 0 Å². The predicted molar refractivity (Wildman–Crippen MR) is 57.6 cm³/mol. The molecule has 0 aliphatic carbocycles. The van der Waals surface area contributed by atoms with Crippen molar-refractivity contribution in [1.82, 2.24) is 0 Å². The molecule has 3 nitrogen and oxygen atoms in total. The van der Waals surface area contributed by atoms with E-state index in [1.54, 1.807) is 12.2 Å². The van der Waals surface area contributed by atoms with Crippen molar-refractivity contribution in [3.05, 3.63) is 53.7 Å². The zero-order chi connectivity index (χ0) is 10.4. The highest BCUT2D eigenvalue weighted by atomic mass is 16.6. The fourth-order valence-corrected chi connectivity index (χ4v) is 1.02. The molecule has 0 saturated heterocycles. The van der Waals surface area contributed by atoms with Crippen LogP contribution in [0.5, 0.6) is 0 Å². The van der Waals surface area contributed by atoms with E-state index in [9.17, 15) is 0 Å². The van der Waals surface area contributed by atoms with E-state index in [0.717, 1.165) is 5.56 Å². The molecule has 0 spiro atoms. The van der Waals surface area contributed by atoms with Gasteiger partial charge in [0.05, 0.1) is 0 Å². The Balaban J connectivity index is 2.99. The maximum Gasteiger partial charge on any atom is 0.156 e. The Morgan fingerprint density at radius 1 is 1.29 bits per heavy atom. The molecule has 0 heterocycles. The van der Waals surface area contributed by atoms with Gasteiger partial charge >= 0.3 is 0 Å². The molecule has 0 aromatic heterocycles. The molecule has 1 rings (SSSR count). The van der Waals surface area contributed by atoms with Crippen LogP contribution in [0.15, 0.2) is 48.2 Å². The molecule has 0 unspecified atom stereocenters. The van der Waals surface area contributed by atoms with Gasteiger partial charge in [0, 0.05) is 17.3 Å². The summed E-state index contributed by atoms with van der Waals surface area (Å²) in [5, 5.41) is 0. The lowest BCUT2D eigenvalue weighted by Crippen LogP contribution is -2.01. The zero-order valence-corrected chi connectivity index (χ0v) is 8.10. The van der Waals surface area contributed by atoms with E-state index in [4.69, 9.17) is 16.5 Å². The Morgan fingerprint density at radius 3 is 2.43 bits per heavy atom. The maximum atomic E-state index is 5.64. The van der Waals surface area contributed by atoms with Gasteiger partial charge in [0.25, 0.3) is 0 Å². The lowest BCUT2D eigenvalue weighted by atomic mass is 10.1. The largest absolute Gasteiger partial charge is 0.411 e. The highest BCUT2D eigenvalue weighted by Gasteiger charge is 2.00. The highest BCUT2D eigenvalue weighted by molar-refractivity contribution is 5.62. The summed E-state index contributed by atoms with van der Waals surface area (Å²) in [5.41, 5.74) is 7.16. The first-order valence-corrected chi connectivity index (χ1v) is 4.33. The summed E-state index contributed by atoms with van der Waals surface area (Å²) in [6.07, 6.45) is 3.47. The third kappa shape index (κ3) is 2.64. The molecule has 0 fully saturated rings. The number of nitrogens with two attached hydrogens (primary N) is 2. The summed E-state index contributed by atoms with van der Waals surface area (Å²) in [7, 11) is 0. The van der Waals surface area contributed by atoms with Crippen LogP contribution in [-0.4, -0.2) is 0 Å². The third-order valence-electron chi connectivity index (χ3n) is 1.82. The monoisotopic (exact) mass is 190 g/mol. The zero-order valence-electron chi connectivity index (χ0n) is 8.10. The summed E-state index contributed by atoms with van der Waals surface area (Å²) in [5.74, 6) is 5.71. The molecule has 4 N–H and O–H groups in total. The van der Waals surface area contributed by atoms with Gasteiger partial charge in [-0.1, -0.05) is 36.4 Å². The standard InChI is InChI=1S/C11H14N2O/c1-2-10(12)8-11(14-13)9-6-4-3-5-7-9/h2-8H,12-13H2,1H3/b10-2+,11-8-. The second kappa shape index (κ2) is 5.09. The van der Waals surface area contributed by atoms with E-state index in [1.807, 2.05) is 37.3 Å². The minimum atomic E-state index is 0.557. The normalized spacial score (nSPS) is 12.7. The van der Waals surface area contributed by atoms with Crippen LogP contribution in [0, 0.1) is 0 Å². The third-order valence-corrected chi connectivity index (χ3v) is 1.82. The van der Waals surface area contributed by atoms with Crippen LogP contribution in [0.1, 0.15) is 12.5 Å². The molecule has 0 aliphatic heterocycles. The quantitative estimate of drug-likeness (QED) is 0.434. The molecule has 0 amide bonds. The van der Waals surface area contributed by atoms with Gasteiger partial charge < -0.3 is 10.6 Å². The summed E-state index contributed by atoms with van der Waals surface area (Å²) in [6, 6.07) is 9.56. The Labute approximate surface area is 83.6 Å². The van der Waals surface area contributed by atoms with Crippen LogP contribution in [0.3, 0.4) is 0 Å².